The number of hydrogen-bond donors (Lipinski definition) is 0. The summed E-state index contributed by atoms with van der Waals surface area (Å²) in [5.41, 5.74) is 0. The maximum atomic E-state index is 10.7. The number of carbonyl (C=O) groups is 1. The fourth-order valence-electron chi connectivity index (χ4n) is 1.26. The molecule has 0 aliphatic rings. The molecule has 0 saturated heterocycles. The predicted molar refractivity (Wildman–Crippen MR) is 54.3 cm³/mol. The third-order valence-electron chi connectivity index (χ3n) is 2.11. The van der Waals surface area contributed by atoms with Crippen molar-refractivity contribution in [2.45, 2.75) is 51.4 Å². The highest BCUT2D eigenvalue weighted by atomic mass is 16.5. The van der Waals surface area contributed by atoms with Crippen LogP contribution >= 0.6 is 0 Å². The Bertz CT molecular complexity index is 121. The Morgan fingerprint density at radius 2 is 1.62 bits per heavy atom. The molecule has 2 nitrogen and oxygen atoms in total. The van der Waals surface area contributed by atoms with Crippen LogP contribution < -0.4 is 0 Å². The molecular weight excluding hydrogens is 164 g/mol. The Hall–Kier alpha value is -0.530. The minimum Gasteiger partial charge on any atom is -0.469 e. The Balaban J connectivity index is 2.95. The zero-order valence-electron chi connectivity index (χ0n) is 8.68. The van der Waals surface area contributed by atoms with E-state index < -0.39 is 0 Å². The van der Waals surface area contributed by atoms with Gasteiger partial charge in [-0.3, -0.25) is 4.79 Å². The van der Waals surface area contributed by atoms with E-state index in [1.54, 1.807) is 0 Å². The van der Waals surface area contributed by atoms with Gasteiger partial charge in [0.1, 0.15) is 0 Å². The Morgan fingerprint density at radius 3 is 2.15 bits per heavy atom. The van der Waals surface area contributed by atoms with Crippen molar-refractivity contribution in [1.82, 2.24) is 0 Å². The van der Waals surface area contributed by atoms with E-state index in [-0.39, 0.29) is 5.97 Å². The highest BCUT2D eigenvalue weighted by molar-refractivity contribution is 5.68. The van der Waals surface area contributed by atoms with Gasteiger partial charge in [0.2, 0.25) is 0 Å². The fourth-order valence-corrected chi connectivity index (χ4v) is 1.26. The van der Waals surface area contributed by atoms with Gasteiger partial charge in [-0.25, -0.2) is 0 Å². The van der Waals surface area contributed by atoms with Crippen molar-refractivity contribution >= 4 is 5.97 Å². The number of esters is 1. The van der Waals surface area contributed by atoms with Gasteiger partial charge < -0.3 is 4.74 Å². The maximum absolute atomic E-state index is 10.7. The van der Waals surface area contributed by atoms with Crippen LogP contribution in [0.4, 0.5) is 0 Å². The summed E-state index contributed by atoms with van der Waals surface area (Å²) >= 11 is 0. The summed E-state index contributed by atoms with van der Waals surface area (Å²) in [5, 5.41) is 0. The van der Waals surface area contributed by atoms with Crippen LogP contribution in [0, 0.1) is 6.92 Å². The standard InChI is InChI=1S/C11H21O2/c1-3-4-5-6-7-8-9-10-11(12)13-2/h1,3-10H2,2H3. The average molecular weight is 185 g/mol. The molecule has 0 amide bonds. The number of hydrogen-bond acceptors (Lipinski definition) is 2. The van der Waals surface area contributed by atoms with Gasteiger partial charge in [0.05, 0.1) is 7.11 Å². The van der Waals surface area contributed by atoms with Crippen molar-refractivity contribution in [3.05, 3.63) is 6.92 Å². The lowest BCUT2D eigenvalue weighted by atomic mass is 10.1. The van der Waals surface area contributed by atoms with Crippen LogP contribution in [0.25, 0.3) is 0 Å². The Kier molecular flexibility index (Phi) is 9.17. The maximum Gasteiger partial charge on any atom is 0.305 e. The summed E-state index contributed by atoms with van der Waals surface area (Å²) in [6.45, 7) is 3.79. The highest BCUT2D eigenvalue weighted by Crippen LogP contribution is 2.08. The van der Waals surface area contributed by atoms with Gasteiger partial charge in [-0.05, 0) is 6.42 Å². The van der Waals surface area contributed by atoms with E-state index in [4.69, 9.17) is 0 Å². The molecule has 0 rings (SSSR count). The molecule has 0 aliphatic heterocycles. The third kappa shape index (κ3) is 9.38. The molecule has 0 fully saturated rings. The zero-order valence-corrected chi connectivity index (χ0v) is 8.68. The molecule has 0 N–H and O–H groups in total. The van der Waals surface area contributed by atoms with E-state index in [2.05, 4.69) is 11.7 Å². The highest BCUT2D eigenvalue weighted by Gasteiger charge is 1.98. The first-order valence-electron chi connectivity index (χ1n) is 5.17. The van der Waals surface area contributed by atoms with E-state index in [1.165, 1.54) is 32.8 Å². The molecule has 0 aromatic heterocycles. The second-order valence-corrected chi connectivity index (χ2v) is 3.30. The van der Waals surface area contributed by atoms with Crippen LogP contribution in [0.3, 0.4) is 0 Å². The van der Waals surface area contributed by atoms with Crippen LogP contribution in [-0.4, -0.2) is 13.1 Å². The zero-order chi connectivity index (χ0) is 9.94. The van der Waals surface area contributed by atoms with E-state index in [1.807, 2.05) is 0 Å². The SMILES string of the molecule is [CH2]CCCCCCCCC(=O)OC. The van der Waals surface area contributed by atoms with Crippen molar-refractivity contribution in [2.24, 2.45) is 0 Å². The molecule has 13 heavy (non-hydrogen) atoms. The van der Waals surface area contributed by atoms with E-state index >= 15 is 0 Å². The van der Waals surface area contributed by atoms with Gasteiger partial charge >= 0.3 is 5.97 Å². The van der Waals surface area contributed by atoms with Gasteiger partial charge in [-0.2, -0.15) is 0 Å². The number of carbonyl (C=O) groups excluding carboxylic acids is 1. The molecule has 0 aromatic rings. The van der Waals surface area contributed by atoms with Crippen LogP contribution in [0.15, 0.2) is 0 Å². The average Bonchev–Trinajstić information content (AvgIpc) is 2.16. The quantitative estimate of drug-likeness (QED) is 0.429. The first-order valence-corrected chi connectivity index (χ1v) is 5.17. The normalized spacial score (nSPS) is 10.0. The fraction of sp³-hybridized carbons (Fsp3) is 0.818. The second kappa shape index (κ2) is 9.56. The van der Waals surface area contributed by atoms with Crippen molar-refractivity contribution in [2.75, 3.05) is 7.11 Å². The molecule has 0 bridgehead atoms. The topological polar surface area (TPSA) is 26.3 Å². The molecule has 2 heteroatoms. The second-order valence-electron chi connectivity index (χ2n) is 3.30. The van der Waals surface area contributed by atoms with E-state index in [0.29, 0.717) is 6.42 Å². The van der Waals surface area contributed by atoms with Crippen molar-refractivity contribution in [1.29, 1.82) is 0 Å². The lowest BCUT2D eigenvalue weighted by Gasteiger charge is -2.00. The Labute approximate surface area is 81.7 Å². The molecule has 0 aromatic carbocycles. The number of unbranched alkanes of at least 4 members (excludes halogenated alkanes) is 6. The number of methoxy groups -OCH3 is 1. The predicted octanol–water partition coefficient (Wildman–Crippen LogP) is 3.11. The van der Waals surface area contributed by atoms with Crippen LogP contribution in [0.2, 0.25) is 0 Å². The summed E-state index contributed by atoms with van der Waals surface area (Å²) < 4.78 is 4.55. The van der Waals surface area contributed by atoms with Gasteiger partial charge in [0.25, 0.3) is 0 Å². The lowest BCUT2D eigenvalue weighted by molar-refractivity contribution is -0.140. The first kappa shape index (κ1) is 12.5. The molecule has 1 radical (unpaired) electrons. The van der Waals surface area contributed by atoms with Crippen molar-refractivity contribution in [3.63, 3.8) is 0 Å². The minimum atomic E-state index is -0.0854. The third-order valence-corrected chi connectivity index (χ3v) is 2.11. The van der Waals surface area contributed by atoms with Crippen LogP contribution in [-0.2, 0) is 9.53 Å². The van der Waals surface area contributed by atoms with Gasteiger partial charge in [0.15, 0.2) is 0 Å². The van der Waals surface area contributed by atoms with Crippen LogP contribution in [0.5, 0.6) is 0 Å². The summed E-state index contributed by atoms with van der Waals surface area (Å²) in [7, 11) is 1.44. The smallest absolute Gasteiger partial charge is 0.305 e. The summed E-state index contributed by atoms with van der Waals surface area (Å²) in [6, 6.07) is 0. The van der Waals surface area contributed by atoms with E-state index in [0.717, 1.165) is 19.3 Å². The number of rotatable bonds is 8. The van der Waals surface area contributed by atoms with Gasteiger partial charge in [-0.15, -0.1) is 0 Å². The first-order chi connectivity index (χ1) is 6.31. The molecule has 0 heterocycles. The molecule has 0 unspecified atom stereocenters. The molecule has 0 atom stereocenters. The van der Waals surface area contributed by atoms with E-state index in [9.17, 15) is 4.79 Å². The largest absolute Gasteiger partial charge is 0.469 e. The molecule has 77 valence electrons. The number of ether oxygens (including phenoxy) is 1. The summed E-state index contributed by atoms with van der Waals surface area (Å²) in [5.74, 6) is -0.0854. The molecule has 0 spiro atoms. The molecule has 0 saturated carbocycles. The summed E-state index contributed by atoms with van der Waals surface area (Å²) in [4.78, 5) is 10.7. The van der Waals surface area contributed by atoms with Crippen molar-refractivity contribution in [3.8, 4) is 0 Å². The monoisotopic (exact) mass is 185 g/mol. The molecule has 0 aliphatic carbocycles. The molecular formula is C11H21O2. The van der Waals surface area contributed by atoms with Gasteiger partial charge in [0, 0.05) is 6.42 Å². The lowest BCUT2D eigenvalue weighted by Crippen LogP contribution is -1.99. The summed E-state index contributed by atoms with van der Waals surface area (Å²) in [6.07, 6.45) is 8.75. The van der Waals surface area contributed by atoms with Gasteiger partial charge in [-0.1, -0.05) is 45.4 Å². The Morgan fingerprint density at radius 1 is 1.08 bits per heavy atom. The van der Waals surface area contributed by atoms with Crippen LogP contribution in [0.1, 0.15) is 51.4 Å². The minimum absolute atomic E-state index is 0.0854. The van der Waals surface area contributed by atoms with Crippen molar-refractivity contribution < 1.29 is 9.53 Å².